The van der Waals surface area contributed by atoms with Crippen LogP contribution in [0.4, 0.5) is 10.1 Å². The standard InChI is InChI=1S/C20H18FNO3/c1-14(20(24)22-13-12-16-7-3-5-9-18(16)22)25-19(23)11-10-15-6-2-4-8-17(15)21/h2-11,14H,12-13H2,1H3/b11-10+/t14-/m0/s1. The highest BCUT2D eigenvalue weighted by atomic mass is 19.1. The van der Waals surface area contributed by atoms with Gasteiger partial charge in [-0.15, -0.1) is 0 Å². The number of ether oxygens (including phenoxy) is 1. The fourth-order valence-corrected chi connectivity index (χ4v) is 2.82. The molecule has 0 spiro atoms. The minimum absolute atomic E-state index is 0.266. The molecular weight excluding hydrogens is 321 g/mol. The average Bonchev–Trinajstić information content (AvgIpc) is 3.04. The van der Waals surface area contributed by atoms with E-state index in [0.717, 1.165) is 23.7 Å². The van der Waals surface area contributed by atoms with Crippen LogP contribution >= 0.6 is 0 Å². The molecule has 4 nitrogen and oxygen atoms in total. The number of para-hydroxylation sites is 1. The molecule has 0 radical (unpaired) electrons. The summed E-state index contributed by atoms with van der Waals surface area (Å²) < 4.78 is 18.7. The maximum Gasteiger partial charge on any atom is 0.331 e. The Hall–Kier alpha value is -2.95. The number of hydrogen-bond donors (Lipinski definition) is 0. The maximum atomic E-state index is 13.5. The quantitative estimate of drug-likeness (QED) is 0.634. The first kappa shape index (κ1) is 16.9. The number of hydrogen-bond acceptors (Lipinski definition) is 3. The molecule has 0 N–H and O–H groups in total. The Balaban J connectivity index is 1.62. The Bertz CT molecular complexity index is 831. The van der Waals surface area contributed by atoms with Gasteiger partial charge in [0.2, 0.25) is 0 Å². The van der Waals surface area contributed by atoms with Gasteiger partial charge in [0.15, 0.2) is 6.10 Å². The van der Waals surface area contributed by atoms with Crippen LogP contribution in [0, 0.1) is 5.82 Å². The van der Waals surface area contributed by atoms with Crippen molar-refractivity contribution in [2.75, 3.05) is 11.4 Å². The minimum atomic E-state index is -0.913. The summed E-state index contributed by atoms with van der Waals surface area (Å²) in [6.07, 6.45) is 2.33. The largest absolute Gasteiger partial charge is 0.449 e. The highest BCUT2D eigenvalue weighted by Gasteiger charge is 2.29. The van der Waals surface area contributed by atoms with Crippen molar-refractivity contribution in [1.82, 2.24) is 0 Å². The normalized spacial score (nSPS) is 14.4. The predicted molar refractivity (Wildman–Crippen MR) is 93.5 cm³/mol. The van der Waals surface area contributed by atoms with Gasteiger partial charge in [-0.1, -0.05) is 36.4 Å². The van der Waals surface area contributed by atoms with Crippen LogP contribution < -0.4 is 4.90 Å². The number of carbonyl (C=O) groups excluding carboxylic acids is 2. The van der Waals surface area contributed by atoms with Gasteiger partial charge in [0.1, 0.15) is 5.82 Å². The first-order valence-corrected chi connectivity index (χ1v) is 8.09. The van der Waals surface area contributed by atoms with E-state index >= 15 is 0 Å². The highest BCUT2D eigenvalue weighted by Crippen LogP contribution is 2.28. The number of nitrogens with zero attached hydrogens (tertiary/aromatic N) is 1. The van der Waals surface area contributed by atoms with Gasteiger partial charge < -0.3 is 9.64 Å². The second kappa shape index (κ2) is 7.30. The lowest BCUT2D eigenvalue weighted by molar-refractivity contribution is -0.149. The third-order valence-electron chi connectivity index (χ3n) is 4.10. The molecule has 0 fully saturated rings. The Morgan fingerprint density at radius 2 is 1.88 bits per heavy atom. The van der Waals surface area contributed by atoms with Crippen LogP contribution in [0.25, 0.3) is 6.08 Å². The van der Waals surface area contributed by atoms with Gasteiger partial charge in [-0.25, -0.2) is 9.18 Å². The van der Waals surface area contributed by atoms with Crippen LogP contribution in [0.2, 0.25) is 0 Å². The van der Waals surface area contributed by atoms with E-state index in [1.54, 1.807) is 23.1 Å². The molecule has 2 aromatic carbocycles. The van der Waals surface area contributed by atoms with Gasteiger partial charge in [-0.3, -0.25) is 4.79 Å². The van der Waals surface area contributed by atoms with Crippen molar-refractivity contribution in [3.63, 3.8) is 0 Å². The van der Waals surface area contributed by atoms with E-state index in [0.29, 0.717) is 6.54 Å². The second-order valence-electron chi connectivity index (χ2n) is 5.80. The molecule has 128 valence electrons. The van der Waals surface area contributed by atoms with E-state index in [2.05, 4.69) is 0 Å². The van der Waals surface area contributed by atoms with Gasteiger partial charge in [-0.05, 0) is 37.1 Å². The molecule has 1 amide bonds. The molecule has 0 bridgehead atoms. The molecule has 1 atom stereocenters. The lowest BCUT2D eigenvalue weighted by Crippen LogP contribution is -2.38. The summed E-state index contributed by atoms with van der Waals surface area (Å²) in [6, 6.07) is 13.8. The van der Waals surface area contributed by atoms with Crippen LogP contribution in [-0.4, -0.2) is 24.5 Å². The Morgan fingerprint density at radius 1 is 1.16 bits per heavy atom. The number of benzene rings is 2. The van der Waals surface area contributed by atoms with Gasteiger partial charge in [0.25, 0.3) is 5.91 Å². The first-order chi connectivity index (χ1) is 12.1. The van der Waals surface area contributed by atoms with Crippen molar-refractivity contribution in [3.05, 3.63) is 71.6 Å². The van der Waals surface area contributed by atoms with E-state index in [1.807, 2.05) is 24.3 Å². The summed E-state index contributed by atoms with van der Waals surface area (Å²) >= 11 is 0. The summed E-state index contributed by atoms with van der Waals surface area (Å²) in [4.78, 5) is 26.1. The van der Waals surface area contributed by atoms with Crippen LogP contribution in [0.5, 0.6) is 0 Å². The fourth-order valence-electron chi connectivity index (χ4n) is 2.82. The zero-order valence-electron chi connectivity index (χ0n) is 13.8. The monoisotopic (exact) mass is 339 g/mol. The van der Waals surface area contributed by atoms with Crippen molar-refractivity contribution in [2.45, 2.75) is 19.4 Å². The van der Waals surface area contributed by atoms with Gasteiger partial charge in [0.05, 0.1) is 0 Å². The lowest BCUT2D eigenvalue weighted by atomic mass is 10.2. The van der Waals surface area contributed by atoms with Gasteiger partial charge in [-0.2, -0.15) is 0 Å². The van der Waals surface area contributed by atoms with Crippen LogP contribution in [0.1, 0.15) is 18.1 Å². The van der Waals surface area contributed by atoms with Crippen LogP contribution in [-0.2, 0) is 20.7 Å². The summed E-state index contributed by atoms with van der Waals surface area (Å²) in [7, 11) is 0. The van der Waals surface area contributed by atoms with E-state index < -0.39 is 17.9 Å². The van der Waals surface area contributed by atoms with Crippen LogP contribution in [0.3, 0.4) is 0 Å². The average molecular weight is 339 g/mol. The summed E-state index contributed by atoms with van der Waals surface area (Å²) in [5, 5.41) is 0. The van der Waals surface area contributed by atoms with E-state index in [9.17, 15) is 14.0 Å². The van der Waals surface area contributed by atoms with E-state index in [1.165, 1.54) is 19.1 Å². The number of amides is 1. The molecule has 1 heterocycles. The Morgan fingerprint density at radius 3 is 2.68 bits per heavy atom. The zero-order chi connectivity index (χ0) is 17.8. The molecule has 0 saturated carbocycles. The number of fused-ring (bicyclic) bond motifs is 1. The summed E-state index contributed by atoms with van der Waals surface area (Å²) in [6.45, 7) is 2.11. The van der Waals surface area contributed by atoms with E-state index in [-0.39, 0.29) is 11.5 Å². The maximum absolute atomic E-state index is 13.5. The fraction of sp³-hybridized carbons (Fsp3) is 0.200. The summed E-state index contributed by atoms with van der Waals surface area (Å²) in [5.74, 6) is -1.38. The minimum Gasteiger partial charge on any atom is -0.449 e. The number of esters is 1. The molecule has 0 saturated heterocycles. The molecule has 1 aliphatic rings. The zero-order valence-corrected chi connectivity index (χ0v) is 13.8. The molecular formula is C20H18FNO3. The smallest absolute Gasteiger partial charge is 0.331 e. The first-order valence-electron chi connectivity index (χ1n) is 8.09. The molecule has 2 aromatic rings. The van der Waals surface area contributed by atoms with Crippen molar-refractivity contribution in [3.8, 4) is 0 Å². The molecule has 0 aromatic heterocycles. The molecule has 1 aliphatic heterocycles. The predicted octanol–water partition coefficient (Wildman–Crippen LogP) is 3.36. The SMILES string of the molecule is C[C@H](OC(=O)/C=C/c1ccccc1F)C(=O)N1CCc2ccccc21. The third-order valence-corrected chi connectivity index (χ3v) is 4.10. The molecule has 0 aliphatic carbocycles. The molecule has 5 heteroatoms. The third kappa shape index (κ3) is 3.76. The molecule has 0 unspecified atom stereocenters. The topological polar surface area (TPSA) is 46.6 Å². The number of halogens is 1. The van der Waals surface area contributed by atoms with Crippen molar-refractivity contribution >= 4 is 23.6 Å². The van der Waals surface area contributed by atoms with Gasteiger partial charge >= 0.3 is 5.97 Å². The number of anilines is 1. The number of rotatable bonds is 4. The van der Waals surface area contributed by atoms with Crippen molar-refractivity contribution in [1.29, 1.82) is 0 Å². The van der Waals surface area contributed by atoms with Gasteiger partial charge in [0, 0.05) is 23.9 Å². The van der Waals surface area contributed by atoms with Crippen molar-refractivity contribution in [2.24, 2.45) is 0 Å². The molecule has 25 heavy (non-hydrogen) atoms. The van der Waals surface area contributed by atoms with Crippen LogP contribution in [0.15, 0.2) is 54.6 Å². The highest BCUT2D eigenvalue weighted by molar-refractivity contribution is 6.00. The van der Waals surface area contributed by atoms with E-state index in [4.69, 9.17) is 4.74 Å². The Kier molecular flexibility index (Phi) is 4.93. The molecule has 3 rings (SSSR count). The second-order valence-corrected chi connectivity index (χ2v) is 5.80. The van der Waals surface area contributed by atoms with Crippen molar-refractivity contribution < 1.29 is 18.7 Å². The lowest BCUT2D eigenvalue weighted by Gasteiger charge is -2.21. The Labute approximate surface area is 145 Å². The number of carbonyl (C=O) groups is 2. The summed E-state index contributed by atoms with van der Waals surface area (Å²) in [5.41, 5.74) is 2.25.